The fraction of sp³-hybridized carbons (Fsp3) is 0.467. The lowest BCUT2D eigenvalue weighted by Crippen LogP contribution is -2.28. The standard InChI is InChI=1S/C15H19ClO5/c1-19-14(17)13(15(18)20-2)10-11-4-6-12(7-5-11)21-9-3-8-16/h4-7,13H,3,8-10H2,1-2H3. The Morgan fingerprint density at radius 3 is 2.14 bits per heavy atom. The Bertz CT molecular complexity index is 442. The van der Waals surface area contributed by atoms with E-state index in [1.807, 2.05) is 0 Å². The number of hydrogen-bond donors (Lipinski definition) is 0. The Morgan fingerprint density at radius 2 is 1.67 bits per heavy atom. The van der Waals surface area contributed by atoms with Crippen LogP contribution in [-0.4, -0.2) is 38.6 Å². The summed E-state index contributed by atoms with van der Waals surface area (Å²) in [5.41, 5.74) is 0.820. The van der Waals surface area contributed by atoms with Crippen molar-refractivity contribution in [1.29, 1.82) is 0 Å². The van der Waals surface area contributed by atoms with E-state index in [0.29, 0.717) is 12.5 Å². The van der Waals surface area contributed by atoms with Crippen LogP contribution in [0.15, 0.2) is 24.3 Å². The van der Waals surface area contributed by atoms with Crippen molar-refractivity contribution < 1.29 is 23.8 Å². The molecule has 0 aromatic heterocycles. The summed E-state index contributed by atoms with van der Waals surface area (Å²) in [7, 11) is 2.48. The number of ether oxygens (including phenoxy) is 3. The summed E-state index contributed by atoms with van der Waals surface area (Å²) in [6, 6.07) is 7.17. The lowest BCUT2D eigenvalue weighted by atomic mass is 9.99. The summed E-state index contributed by atoms with van der Waals surface area (Å²) in [5.74, 6) is -0.897. The molecule has 5 nitrogen and oxygen atoms in total. The van der Waals surface area contributed by atoms with Gasteiger partial charge in [-0.15, -0.1) is 11.6 Å². The minimum absolute atomic E-state index is 0.224. The third-order valence-electron chi connectivity index (χ3n) is 2.88. The molecular formula is C15H19ClO5. The van der Waals surface area contributed by atoms with Gasteiger partial charge in [0.2, 0.25) is 0 Å². The highest BCUT2D eigenvalue weighted by Gasteiger charge is 2.28. The molecule has 0 heterocycles. The topological polar surface area (TPSA) is 61.8 Å². The molecule has 6 heteroatoms. The number of benzene rings is 1. The van der Waals surface area contributed by atoms with Gasteiger partial charge in [-0.05, 0) is 30.5 Å². The van der Waals surface area contributed by atoms with Gasteiger partial charge in [0.05, 0.1) is 20.8 Å². The Labute approximate surface area is 129 Å². The highest BCUT2D eigenvalue weighted by atomic mass is 35.5. The lowest BCUT2D eigenvalue weighted by molar-refractivity contribution is -0.158. The van der Waals surface area contributed by atoms with Gasteiger partial charge in [-0.25, -0.2) is 0 Å². The number of hydrogen-bond acceptors (Lipinski definition) is 5. The molecule has 0 saturated heterocycles. The molecule has 0 atom stereocenters. The molecule has 1 rings (SSSR count). The van der Waals surface area contributed by atoms with E-state index < -0.39 is 17.9 Å². The van der Waals surface area contributed by atoms with E-state index in [1.54, 1.807) is 24.3 Å². The summed E-state index contributed by atoms with van der Waals surface area (Å²) in [5, 5.41) is 0. The number of esters is 2. The van der Waals surface area contributed by atoms with Crippen LogP contribution in [0.2, 0.25) is 0 Å². The van der Waals surface area contributed by atoms with Crippen LogP contribution in [0.3, 0.4) is 0 Å². The van der Waals surface area contributed by atoms with Crippen molar-refractivity contribution in [2.75, 3.05) is 26.7 Å². The van der Waals surface area contributed by atoms with Gasteiger partial charge in [-0.3, -0.25) is 9.59 Å². The maximum Gasteiger partial charge on any atom is 0.320 e. The minimum atomic E-state index is -0.956. The maximum atomic E-state index is 11.6. The van der Waals surface area contributed by atoms with Crippen LogP contribution in [0.1, 0.15) is 12.0 Å². The van der Waals surface area contributed by atoms with Crippen molar-refractivity contribution in [2.45, 2.75) is 12.8 Å². The van der Waals surface area contributed by atoms with Gasteiger partial charge in [0.25, 0.3) is 0 Å². The molecule has 0 fully saturated rings. The van der Waals surface area contributed by atoms with Gasteiger partial charge in [-0.1, -0.05) is 12.1 Å². The van der Waals surface area contributed by atoms with E-state index in [9.17, 15) is 9.59 Å². The van der Waals surface area contributed by atoms with Crippen molar-refractivity contribution in [3.05, 3.63) is 29.8 Å². The Morgan fingerprint density at radius 1 is 1.10 bits per heavy atom. The van der Waals surface area contributed by atoms with E-state index in [-0.39, 0.29) is 6.42 Å². The van der Waals surface area contributed by atoms with Gasteiger partial charge in [-0.2, -0.15) is 0 Å². The van der Waals surface area contributed by atoms with Crippen molar-refractivity contribution in [3.8, 4) is 5.75 Å². The normalized spacial score (nSPS) is 10.3. The lowest BCUT2D eigenvalue weighted by Gasteiger charge is -2.12. The largest absolute Gasteiger partial charge is 0.494 e. The van der Waals surface area contributed by atoms with Gasteiger partial charge >= 0.3 is 11.9 Å². The number of methoxy groups -OCH3 is 2. The van der Waals surface area contributed by atoms with Gasteiger partial charge in [0, 0.05) is 5.88 Å². The Balaban J connectivity index is 2.67. The van der Waals surface area contributed by atoms with Crippen molar-refractivity contribution in [2.24, 2.45) is 5.92 Å². The summed E-state index contributed by atoms with van der Waals surface area (Å²) in [6.07, 6.45) is 0.997. The van der Waals surface area contributed by atoms with Crippen LogP contribution in [-0.2, 0) is 25.5 Å². The molecule has 0 N–H and O–H groups in total. The molecule has 1 aromatic carbocycles. The van der Waals surface area contributed by atoms with E-state index in [2.05, 4.69) is 9.47 Å². The fourth-order valence-corrected chi connectivity index (χ4v) is 1.86. The van der Waals surface area contributed by atoms with Crippen LogP contribution in [0.25, 0.3) is 0 Å². The molecule has 0 radical (unpaired) electrons. The van der Waals surface area contributed by atoms with Crippen molar-refractivity contribution >= 4 is 23.5 Å². The molecule has 116 valence electrons. The summed E-state index contributed by atoms with van der Waals surface area (Å²) >= 11 is 5.57. The highest BCUT2D eigenvalue weighted by Crippen LogP contribution is 2.17. The maximum absolute atomic E-state index is 11.6. The van der Waals surface area contributed by atoms with Gasteiger partial charge in [0.1, 0.15) is 5.75 Å². The average molecular weight is 315 g/mol. The second-order valence-corrected chi connectivity index (χ2v) is 4.72. The Hall–Kier alpha value is -1.75. The number of rotatable bonds is 8. The number of carbonyl (C=O) groups is 2. The molecular weight excluding hydrogens is 296 g/mol. The SMILES string of the molecule is COC(=O)C(Cc1ccc(OCCCCl)cc1)C(=O)OC. The van der Waals surface area contributed by atoms with E-state index >= 15 is 0 Å². The number of halogens is 1. The second-order valence-electron chi connectivity index (χ2n) is 4.34. The number of carbonyl (C=O) groups excluding carboxylic acids is 2. The fourth-order valence-electron chi connectivity index (χ4n) is 1.75. The molecule has 0 aliphatic rings. The zero-order valence-corrected chi connectivity index (χ0v) is 12.9. The minimum Gasteiger partial charge on any atom is -0.494 e. The highest BCUT2D eigenvalue weighted by molar-refractivity contribution is 6.17. The van der Waals surface area contributed by atoms with Gasteiger partial charge < -0.3 is 14.2 Å². The Kier molecular flexibility index (Phi) is 7.61. The first-order valence-corrected chi connectivity index (χ1v) is 7.09. The monoisotopic (exact) mass is 314 g/mol. The average Bonchev–Trinajstić information content (AvgIpc) is 2.52. The van der Waals surface area contributed by atoms with Crippen LogP contribution < -0.4 is 4.74 Å². The van der Waals surface area contributed by atoms with Gasteiger partial charge in [0.15, 0.2) is 5.92 Å². The smallest absolute Gasteiger partial charge is 0.320 e. The zero-order chi connectivity index (χ0) is 15.7. The molecule has 0 aliphatic carbocycles. The molecule has 0 amide bonds. The first-order chi connectivity index (χ1) is 10.1. The second kappa shape index (κ2) is 9.23. The molecule has 0 bridgehead atoms. The quantitative estimate of drug-likeness (QED) is 0.318. The summed E-state index contributed by atoms with van der Waals surface area (Å²) < 4.78 is 14.7. The first-order valence-electron chi connectivity index (χ1n) is 6.55. The predicted octanol–water partition coefficient (Wildman–Crippen LogP) is 2.20. The molecule has 0 aliphatic heterocycles. The summed E-state index contributed by atoms with van der Waals surface area (Å²) in [6.45, 7) is 0.551. The number of alkyl halides is 1. The van der Waals surface area contributed by atoms with Crippen LogP contribution in [0.4, 0.5) is 0 Å². The van der Waals surface area contributed by atoms with Crippen LogP contribution in [0.5, 0.6) is 5.75 Å². The van der Waals surface area contributed by atoms with E-state index in [0.717, 1.165) is 17.7 Å². The molecule has 1 aromatic rings. The van der Waals surface area contributed by atoms with E-state index in [4.69, 9.17) is 16.3 Å². The zero-order valence-electron chi connectivity index (χ0n) is 12.1. The van der Waals surface area contributed by atoms with E-state index in [1.165, 1.54) is 14.2 Å². The first kappa shape index (κ1) is 17.3. The predicted molar refractivity (Wildman–Crippen MR) is 78.5 cm³/mol. The van der Waals surface area contributed by atoms with Crippen LogP contribution >= 0.6 is 11.6 Å². The molecule has 0 spiro atoms. The van der Waals surface area contributed by atoms with Crippen molar-refractivity contribution in [1.82, 2.24) is 0 Å². The third-order valence-corrected chi connectivity index (χ3v) is 3.15. The molecule has 21 heavy (non-hydrogen) atoms. The summed E-state index contributed by atoms with van der Waals surface area (Å²) in [4.78, 5) is 23.2. The van der Waals surface area contributed by atoms with Crippen LogP contribution in [0, 0.1) is 5.92 Å². The van der Waals surface area contributed by atoms with Crippen molar-refractivity contribution in [3.63, 3.8) is 0 Å². The third kappa shape index (κ3) is 5.63. The molecule has 0 saturated carbocycles. The molecule has 0 unspecified atom stereocenters.